The first kappa shape index (κ1) is 14.8. The molecule has 8 heteroatoms. The molecule has 3 N–H and O–H groups in total. The second-order valence-corrected chi connectivity index (χ2v) is 4.13. The molecule has 0 saturated heterocycles. The van der Waals surface area contributed by atoms with Gasteiger partial charge in [0.1, 0.15) is 17.4 Å². The lowest BCUT2D eigenvalue weighted by Gasteiger charge is -2.09. The molecular weight excluding hydrogens is 262 g/mol. The number of alkyl halides is 2. The Labute approximate surface area is 109 Å². The van der Waals surface area contributed by atoms with E-state index in [1.807, 2.05) is 0 Å². The highest BCUT2D eigenvalue weighted by Gasteiger charge is 2.14. The average molecular weight is 278 g/mol. The van der Waals surface area contributed by atoms with Gasteiger partial charge >= 0.3 is 0 Å². The highest BCUT2D eigenvalue weighted by molar-refractivity contribution is 7.80. The lowest BCUT2D eigenvalue weighted by molar-refractivity contribution is 0.0214. The number of nitrogens with one attached hydrogen (secondary N) is 1. The maximum atomic E-state index is 11.8. The van der Waals surface area contributed by atoms with Crippen molar-refractivity contribution in [2.75, 3.05) is 25.1 Å². The summed E-state index contributed by atoms with van der Waals surface area (Å²) in [6, 6.07) is 0. The van der Waals surface area contributed by atoms with Gasteiger partial charge in [0.25, 0.3) is 6.43 Å². The van der Waals surface area contributed by atoms with E-state index in [1.165, 1.54) is 0 Å². The van der Waals surface area contributed by atoms with Gasteiger partial charge in [-0.3, -0.25) is 4.68 Å². The summed E-state index contributed by atoms with van der Waals surface area (Å²) < 4.78 is 30.0. The number of hydrogen-bond donors (Lipinski definition) is 2. The molecule has 0 bridgehead atoms. The lowest BCUT2D eigenvalue weighted by atomic mass is 10.2. The molecule has 0 spiro atoms. The van der Waals surface area contributed by atoms with Crippen LogP contribution >= 0.6 is 12.2 Å². The number of hydrogen-bond acceptors (Lipinski definition) is 4. The first-order chi connectivity index (χ1) is 8.43. The predicted octanol–water partition coefficient (Wildman–Crippen LogP) is 1.06. The Kier molecular flexibility index (Phi) is 5.42. The van der Waals surface area contributed by atoms with E-state index in [0.29, 0.717) is 17.9 Å². The second-order valence-electron chi connectivity index (χ2n) is 3.69. The number of nitrogens with zero attached hydrogens (tertiary/aromatic N) is 2. The second kappa shape index (κ2) is 6.60. The highest BCUT2D eigenvalue weighted by atomic mass is 32.1. The maximum Gasteiger partial charge on any atom is 0.261 e. The van der Waals surface area contributed by atoms with E-state index in [0.717, 1.165) is 5.69 Å². The molecule has 1 heterocycles. The third-order valence-electron chi connectivity index (χ3n) is 2.25. The maximum absolute atomic E-state index is 11.8. The molecule has 0 unspecified atom stereocenters. The number of halogens is 2. The molecule has 0 atom stereocenters. The van der Waals surface area contributed by atoms with Crippen LogP contribution in [0.1, 0.15) is 11.3 Å². The van der Waals surface area contributed by atoms with Gasteiger partial charge in [0, 0.05) is 13.6 Å². The van der Waals surface area contributed by atoms with Gasteiger partial charge in [-0.2, -0.15) is 5.10 Å². The zero-order valence-electron chi connectivity index (χ0n) is 10.2. The summed E-state index contributed by atoms with van der Waals surface area (Å²) in [5.41, 5.74) is 7.00. The minimum Gasteiger partial charge on any atom is -0.389 e. The van der Waals surface area contributed by atoms with E-state index in [2.05, 4.69) is 10.4 Å². The minimum absolute atomic E-state index is 0.172. The zero-order valence-corrected chi connectivity index (χ0v) is 11.1. The molecule has 5 nitrogen and oxygen atoms in total. The molecule has 18 heavy (non-hydrogen) atoms. The van der Waals surface area contributed by atoms with Crippen molar-refractivity contribution in [3.63, 3.8) is 0 Å². The Morgan fingerprint density at radius 3 is 2.83 bits per heavy atom. The molecule has 0 fully saturated rings. The van der Waals surface area contributed by atoms with Gasteiger partial charge in [-0.1, -0.05) is 12.2 Å². The topological polar surface area (TPSA) is 65.1 Å². The lowest BCUT2D eigenvalue weighted by Crippen LogP contribution is -2.18. The van der Waals surface area contributed by atoms with Gasteiger partial charge in [-0.25, -0.2) is 8.78 Å². The van der Waals surface area contributed by atoms with E-state index in [9.17, 15) is 8.78 Å². The number of rotatable bonds is 7. The summed E-state index contributed by atoms with van der Waals surface area (Å²) in [6.07, 6.45) is -2.45. The van der Waals surface area contributed by atoms with Crippen molar-refractivity contribution in [1.82, 2.24) is 9.78 Å². The van der Waals surface area contributed by atoms with Crippen LogP contribution in [-0.2, 0) is 11.8 Å². The Bertz CT molecular complexity index is 422. The largest absolute Gasteiger partial charge is 0.389 e. The molecule has 0 aliphatic heterocycles. The number of aryl methyl sites for hydroxylation is 2. The molecule has 1 aromatic heterocycles. The van der Waals surface area contributed by atoms with E-state index < -0.39 is 13.0 Å². The summed E-state index contributed by atoms with van der Waals surface area (Å²) in [6.45, 7) is 1.79. The van der Waals surface area contributed by atoms with Crippen LogP contribution in [0, 0.1) is 6.92 Å². The number of thiocarbonyl (C=S) groups is 1. The summed E-state index contributed by atoms with van der Waals surface area (Å²) >= 11 is 4.94. The fourth-order valence-electron chi connectivity index (χ4n) is 1.57. The van der Waals surface area contributed by atoms with Crippen molar-refractivity contribution in [2.45, 2.75) is 13.3 Å². The first-order valence-electron chi connectivity index (χ1n) is 5.36. The van der Waals surface area contributed by atoms with Gasteiger partial charge in [0.2, 0.25) is 0 Å². The third-order valence-corrected chi connectivity index (χ3v) is 2.46. The standard InChI is InChI=1S/C10H16F2N4OS/c1-6-8(9(13)18)10(16(2)15-6)14-3-4-17-5-7(11)12/h7,14H,3-5H2,1-2H3,(H2,13,18). The van der Waals surface area contributed by atoms with E-state index in [4.69, 9.17) is 22.7 Å². The van der Waals surface area contributed by atoms with Gasteiger partial charge < -0.3 is 15.8 Å². The highest BCUT2D eigenvalue weighted by Crippen LogP contribution is 2.18. The van der Waals surface area contributed by atoms with Crippen LogP contribution in [0.3, 0.4) is 0 Å². The fraction of sp³-hybridized carbons (Fsp3) is 0.600. The quantitative estimate of drug-likeness (QED) is 0.576. The Morgan fingerprint density at radius 1 is 1.61 bits per heavy atom. The minimum atomic E-state index is -2.45. The fourth-order valence-corrected chi connectivity index (χ4v) is 1.81. The molecule has 1 rings (SSSR count). The Morgan fingerprint density at radius 2 is 2.28 bits per heavy atom. The van der Waals surface area contributed by atoms with Crippen molar-refractivity contribution >= 4 is 23.0 Å². The summed E-state index contributed by atoms with van der Waals surface area (Å²) in [5.74, 6) is 0.667. The number of nitrogens with two attached hydrogens (primary N) is 1. The molecule has 102 valence electrons. The van der Waals surface area contributed by atoms with Gasteiger partial charge in [0.05, 0.1) is 17.9 Å². The van der Waals surface area contributed by atoms with Crippen LogP contribution in [0.25, 0.3) is 0 Å². The molecular formula is C10H16F2N4OS. The van der Waals surface area contributed by atoms with Crippen molar-refractivity contribution in [2.24, 2.45) is 12.8 Å². The summed E-state index contributed by atoms with van der Waals surface area (Å²) in [5, 5.41) is 7.21. The molecule has 0 saturated carbocycles. The van der Waals surface area contributed by atoms with Crippen LogP contribution in [0.15, 0.2) is 0 Å². The van der Waals surface area contributed by atoms with Crippen LogP contribution in [-0.4, -0.2) is 41.0 Å². The van der Waals surface area contributed by atoms with Crippen molar-refractivity contribution in [3.8, 4) is 0 Å². The van der Waals surface area contributed by atoms with Crippen molar-refractivity contribution in [3.05, 3.63) is 11.3 Å². The molecule has 0 aromatic carbocycles. The molecule has 0 radical (unpaired) electrons. The van der Waals surface area contributed by atoms with Gasteiger partial charge in [-0.05, 0) is 6.92 Å². The van der Waals surface area contributed by atoms with E-state index in [1.54, 1.807) is 18.7 Å². The SMILES string of the molecule is Cc1nn(C)c(NCCOCC(F)F)c1C(N)=S. The van der Waals surface area contributed by atoms with Crippen molar-refractivity contribution < 1.29 is 13.5 Å². The summed E-state index contributed by atoms with van der Waals surface area (Å²) in [7, 11) is 1.75. The molecule has 0 amide bonds. The van der Waals surface area contributed by atoms with Crippen LogP contribution in [0.2, 0.25) is 0 Å². The van der Waals surface area contributed by atoms with Gasteiger partial charge in [0.15, 0.2) is 0 Å². The molecule has 1 aromatic rings. The van der Waals surface area contributed by atoms with Crippen LogP contribution in [0.5, 0.6) is 0 Å². The molecule has 0 aliphatic carbocycles. The normalized spacial score (nSPS) is 10.9. The zero-order chi connectivity index (χ0) is 13.7. The Balaban J connectivity index is 2.54. The van der Waals surface area contributed by atoms with E-state index >= 15 is 0 Å². The summed E-state index contributed by atoms with van der Waals surface area (Å²) in [4.78, 5) is 0.247. The first-order valence-corrected chi connectivity index (χ1v) is 5.77. The average Bonchev–Trinajstić information content (AvgIpc) is 2.52. The smallest absolute Gasteiger partial charge is 0.261 e. The van der Waals surface area contributed by atoms with Crippen molar-refractivity contribution in [1.29, 1.82) is 0 Å². The third kappa shape index (κ3) is 3.88. The van der Waals surface area contributed by atoms with E-state index in [-0.39, 0.29) is 11.6 Å². The predicted molar refractivity (Wildman–Crippen MR) is 69.1 cm³/mol. The monoisotopic (exact) mass is 278 g/mol. The number of ether oxygens (including phenoxy) is 1. The van der Waals surface area contributed by atoms with Crippen LogP contribution < -0.4 is 11.1 Å². The molecule has 0 aliphatic rings. The number of aromatic nitrogens is 2. The van der Waals surface area contributed by atoms with Gasteiger partial charge in [-0.15, -0.1) is 0 Å². The van der Waals surface area contributed by atoms with Crippen LogP contribution in [0.4, 0.5) is 14.6 Å². The number of anilines is 1. The Hall–Kier alpha value is -1.28.